The zero-order valence-electron chi connectivity index (χ0n) is 13.5. The third-order valence-electron chi connectivity index (χ3n) is 4.46. The third kappa shape index (κ3) is 2.60. The molecular formula is C18H20NO3S+. The molecule has 0 saturated heterocycles. The highest BCUT2D eigenvalue weighted by atomic mass is 32.2. The van der Waals surface area contributed by atoms with Gasteiger partial charge < -0.3 is 0 Å². The van der Waals surface area contributed by atoms with Gasteiger partial charge in [-0.05, 0) is 49.1 Å². The standard InChI is InChI=1S/C18H19NO3S/c1-4-7-14-11-18-16(13(3)12(14)2)10-15-8-5-6-9-17(15)19(18)23(20,21)22/h5-6,8-11H,4,7H2,1-3H3/p+1. The number of benzene rings is 2. The smallest absolute Gasteiger partial charge is 0.233 e. The highest BCUT2D eigenvalue weighted by molar-refractivity contribution is 7.79. The van der Waals surface area contributed by atoms with E-state index in [1.165, 1.54) is 5.56 Å². The van der Waals surface area contributed by atoms with Crippen LogP contribution in [0.4, 0.5) is 0 Å². The number of aromatic nitrogens is 1. The Kier molecular flexibility index (Phi) is 3.86. The van der Waals surface area contributed by atoms with Gasteiger partial charge in [0, 0.05) is 17.5 Å². The summed E-state index contributed by atoms with van der Waals surface area (Å²) in [6.07, 6.45) is 1.85. The van der Waals surface area contributed by atoms with Gasteiger partial charge in [-0.3, -0.25) is 0 Å². The molecule has 0 bridgehead atoms. The lowest BCUT2D eigenvalue weighted by Gasteiger charge is -2.11. The molecule has 3 aromatic rings. The van der Waals surface area contributed by atoms with Crippen molar-refractivity contribution < 1.29 is 16.9 Å². The van der Waals surface area contributed by atoms with Gasteiger partial charge in [0.1, 0.15) is 0 Å². The lowest BCUT2D eigenvalue weighted by Crippen LogP contribution is -2.43. The average Bonchev–Trinajstić information content (AvgIpc) is 2.49. The molecule has 120 valence electrons. The fourth-order valence-electron chi connectivity index (χ4n) is 3.19. The summed E-state index contributed by atoms with van der Waals surface area (Å²) in [7, 11) is -4.40. The fraction of sp³-hybridized carbons (Fsp3) is 0.278. The maximum absolute atomic E-state index is 12.0. The molecular weight excluding hydrogens is 310 g/mol. The zero-order valence-corrected chi connectivity index (χ0v) is 14.3. The van der Waals surface area contributed by atoms with Gasteiger partial charge in [-0.15, -0.1) is 8.42 Å². The maximum Gasteiger partial charge on any atom is 0.512 e. The molecule has 0 unspecified atom stereocenters. The molecule has 2 aromatic carbocycles. The van der Waals surface area contributed by atoms with E-state index in [9.17, 15) is 13.0 Å². The summed E-state index contributed by atoms with van der Waals surface area (Å²) in [5.74, 6) is 0. The molecule has 1 N–H and O–H groups in total. The molecule has 0 saturated carbocycles. The lowest BCUT2D eigenvalue weighted by molar-refractivity contribution is -0.458. The van der Waals surface area contributed by atoms with Crippen LogP contribution in [0.15, 0.2) is 36.4 Å². The van der Waals surface area contributed by atoms with E-state index in [0.717, 1.165) is 38.7 Å². The molecule has 4 nitrogen and oxygen atoms in total. The minimum Gasteiger partial charge on any atom is -0.233 e. The number of hydrogen-bond donors (Lipinski definition) is 1. The first-order chi connectivity index (χ1) is 10.8. The van der Waals surface area contributed by atoms with Crippen LogP contribution in [0.2, 0.25) is 0 Å². The Morgan fingerprint density at radius 3 is 2.39 bits per heavy atom. The second kappa shape index (κ2) is 5.58. The first-order valence-corrected chi connectivity index (χ1v) is 9.09. The molecule has 1 heterocycles. The van der Waals surface area contributed by atoms with Crippen LogP contribution in [-0.2, 0) is 16.7 Å². The Morgan fingerprint density at radius 1 is 1.04 bits per heavy atom. The fourth-order valence-corrected chi connectivity index (χ4v) is 4.01. The highest BCUT2D eigenvalue weighted by Gasteiger charge is 2.28. The number of para-hydroxylation sites is 1. The highest BCUT2D eigenvalue weighted by Crippen LogP contribution is 2.27. The van der Waals surface area contributed by atoms with Crippen molar-refractivity contribution in [2.75, 3.05) is 0 Å². The van der Waals surface area contributed by atoms with Crippen molar-refractivity contribution in [1.82, 2.24) is 0 Å². The molecule has 5 heteroatoms. The van der Waals surface area contributed by atoms with Crippen molar-refractivity contribution in [2.45, 2.75) is 33.6 Å². The normalized spacial score (nSPS) is 12.2. The molecule has 3 rings (SSSR count). The van der Waals surface area contributed by atoms with Gasteiger partial charge >= 0.3 is 10.3 Å². The van der Waals surface area contributed by atoms with Crippen LogP contribution in [0.5, 0.6) is 0 Å². The molecule has 0 amide bonds. The van der Waals surface area contributed by atoms with Crippen molar-refractivity contribution >= 4 is 32.1 Å². The van der Waals surface area contributed by atoms with Crippen LogP contribution in [0.25, 0.3) is 21.8 Å². The first kappa shape index (κ1) is 15.9. The number of fused-ring (bicyclic) bond motifs is 2. The molecule has 1 aromatic heterocycles. The van der Waals surface area contributed by atoms with E-state index in [2.05, 4.69) is 13.8 Å². The summed E-state index contributed by atoms with van der Waals surface area (Å²) in [5.41, 5.74) is 4.35. The minimum absolute atomic E-state index is 0.480. The SMILES string of the molecule is CCCc1cc2c(cc3ccccc3[n+]2S(=O)(=O)O)c(C)c1C. The van der Waals surface area contributed by atoms with E-state index in [1.807, 2.05) is 31.2 Å². The van der Waals surface area contributed by atoms with Gasteiger partial charge in [-0.2, -0.15) is 0 Å². The van der Waals surface area contributed by atoms with Gasteiger partial charge in [0.2, 0.25) is 11.0 Å². The van der Waals surface area contributed by atoms with Gasteiger partial charge in [-0.1, -0.05) is 29.4 Å². The number of aryl methyl sites for hydroxylation is 2. The predicted octanol–water partition coefficient (Wildman–Crippen LogP) is 3.50. The maximum atomic E-state index is 12.0. The van der Waals surface area contributed by atoms with Gasteiger partial charge in [0.05, 0.1) is 5.39 Å². The van der Waals surface area contributed by atoms with Crippen LogP contribution >= 0.6 is 0 Å². The van der Waals surface area contributed by atoms with E-state index in [1.54, 1.807) is 12.1 Å². The van der Waals surface area contributed by atoms with Crippen LogP contribution in [0, 0.1) is 13.8 Å². The van der Waals surface area contributed by atoms with Crippen molar-refractivity contribution in [2.24, 2.45) is 0 Å². The summed E-state index contributed by atoms with van der Waals surface area (Å²) in [6, 6.07) is 11.1. The second-order valence-corrected chi connectivity index (χ2v) is 7.17. The molecule has 0 radical (unpaired) electrons. The summed E-state index contributed by atoms with van der Waals surface area (Å²) >= 11 is 0. The van der Waals surface area contributed by atoms with Crippen molar-refractivity contribution in [3.63, 3.8) is 0 Å². The number of rotatable bonds is 3. The Morgan fingerprint density at radius 2 is 1.74 bits per heavy atom. The van der Waals surface area contributed by atoms with E-state index in [-0.39, 0.29) is 0 Å². The van der Waals surface area contributed by atoms with E-state index >= 15 is 0 Å². The first-order valence-electron chi connectivity index (χ1n) is 7.69. The summed E-state index contributed by atoms with van der Waals surface area (Å²) < 4.78 is 34.9. The number of pyridine rings is 1. The van der Waals surface area contributed by atoms with Crippen molar-refractivity contribution in [3.8, 4) is 0 Å². The minimum atomic E-state index is -4.40. The summed E-state index contributed by atoms with van der Waals surface area (Å²) in [6.45, 7) is 6.16. The molecule has 0 aliphatic rings. The molecule has 0 aliphatic carbocycles. The average molecular weight is 330 g/mol. The van der Waals surface area contributed by atoms with E-state index in [0.29, 0.717) is 11.0 Å². The molecule has 0 atom stereocenters. The van der Waals surface area contributed by atoms with Gasteiger partial charge in [0.15, 0.2) is 0 Å². The number of nitrogens with zero attached hydrogens (tertiary/aromatic N) is 1. The van der Waals surface area contributed by atoms with E-state index in [4.69, 9.17) is 0 Å². The molecule has 23 heavy (non-hydrogen) atoms. The number of hydrogen-bond acceptors (Lipinski definition) is 2. The predicted molar refractivity (Wildman–Crippen MR) is 92.1 cm³/mol. The lowest BCUT2D eigenvalue weighted by atomic mass is 9.95. The van der Waals surface area contributed by atoms with Gasteiger partial charge in [-0.25, -0.2) is 4.55 Å². The topological polar surface area (TPSA) is 58.2 Å². The molecule has 0 aliphatic heterocycles. The molecule has 0 spiro atoms. The van der Waals surface area contributed by atoms with E-state index < -0.39 is 10.3 Å². The van der Waals surface area contributed by atoms with Crippen LogP contribution < -0.4 is 3.97 Å². The largest absolute Gasteiger partial charge is 0.512 e. The quantitative estimate of drug-likeness (QED) is 0.454. The third-order valence-corrected chi connectivity index (χ3v) is 5.31. The zero-order chi connectivity index (χ0) is 16.8. The van der Waals surface area contributed by atoms with Crippen LogP contribution in [0.1, 0.15) is 30.0 Å². The van der Waals surface area contributed by atoms with Crippen LogP contribution in [-0.4, -0.2) is 13.0 Å². The Labute approximate surface area is 136 Å². The monoisotopic (exact) mass is 330 g/mol. The molecule has 0 fully saturated rings. The second-order valence-electron chi connectivity index (χ2n) is 5.91. The Balaban J connectivity index is 2.60. The Bertz CT molecular complexity index is 1020. The summed E-state index contributed by atoms with van der Waals surface area (Å²) in [4.78, 5) is 0. The van der Waals surface area contributed by atoms with Crippen LogP contribution in [0.3, 0.4) is 0 Å². The van der Waals surface area contributed by atoms with Gasteiger partial charge in [0.25, 0.3) is 0 Å². The summed E-state index contributed by atoms with van der Waals surface area (Å²) in [5, 5.41) is 1.63. The Hall–Kier alpha value is -1.98. The van der Waals surface area contributed by atoms with Crippen molar-refractivity contribution in [3.05, 3.63) is 53.1 Å². The van der Waals surface area contributed by atoms with Crippen molar-refractivity contribution in [1.29, 1.82) is 0 Å².